The Morgan fingerprint density at radius 1 is 1.57 bits per heavy atom. The molecule has 82 valence electrons. The van der Waals surface area contributed by atoms with E-state index in [0.717, 1.165) is 32.6 Å². The van der Waals surface area contributed by atoms with E-state index >= 15 is 0 Å². The number of hydrogen-bond acceptors (Lipinski definition) is 3. The van der Waals surface area contributed by atoms with Crippen LogP contribution in [0.3, 0.4) is 0 Å². The summed E-state index contributed by atoms with van der Waals surface area (Å²) in [6, 6.07) is -0.389. The Balaban J connectivity index is 2.31. The minimum Gasteiger partial charge on any atom is -0.381 e. The van der Waals surface area contributed by atoms with E-state index in [0.29, 0.717) is 5.92 Å². The minimum atomic E-state index is -0.389. The lowest BCUT2D eigenvalue weighted by molar-refractivity contribution is -0.131. The number of likely N-dealkylation sites (N-methyl/N-ethyl adjacent to an activating group) is 1. The molecule has 1 saturated heterocycles. The topological polar surface area (TPSA) is 55.6 Å². The second kappa shape index (κ2) is 5.32. The van der Waals surface area contributed by atoms with E-state index in [9.17, 15) is 4.79 Å². The third-order valence-electron chi connectivity index (χ3n) is 2.64. The van der Waals surface area contributed by atoms with E-state index in [1.165, 1.54) is 0 Å². The molecular weight excluding hydrogens is 180 g/mol. The van der Waals surface area contributed by atoms with Crippen LogP contribution in [0.4, 0.5) is 0 Å². The van der Waals surface area contributed by atoms with E-state index in [2.05, 4.69) is 0 Å². The summed E-state index contributed by atoms with van der Waals surface area (Å²) >= 11 is 0. The molecule has 2 N–H and O–H groups in total. The maximum Gasteiger partial charge on any atom is 0.238 e. The highest BCUT2D eigenvalue weighted by molar-refractivity contribution is 5.80. The summed E-state index contributed by atoms with van der Waals surface area (Å²) in [4.78, 5) is 13.2. The van der Waals surface area contributed by atoms with Crippen LogP contribution in [0.5, 0.6) is 0 Å². The van der Waals surface area contributed by atoms with Gasteiger partial charge >= 0.3 is 0 Å². The zero-order valence-corrected chi connectivity index (χ0v) is 9.03. The van der Waals surface area contributed by atoms with Gasteiger partial charge in [-0.25, -0.2) is 0 Å². The summed E-state index contributed by atoms with van der Waals surface area (Å²) < 4.78 is 5.26. The monoisotopic (exact) mass is 200 g/mol. The SMILES string of the molecule is C[C@@H](N)C(=O)N(C)CC1CCOCC1. The van der Waals surface area contributed by atoms with Gasteiger partial charge in [-0.1, -0.05) is 0 Å². The number of nitrogens with zero attached hydrogens (tertiary/aromatic N) is 1. The summed E-state index contributed by atoms with van der Waals surface area (Å²) in [6.07, 6.45) is 2.10. The molecule has 1 aliphatic heterocycles. The van der Waals surface area contributed by atoms with Gasteiger partial charge in [-0.05, 0) is 25.7 Å². The lowest BCUT2D eigenvalue weighted by atomic mass is 10.00. The Bertz CT molecular complexity index is 189. The first-order valence-electron chi connectivity index (χ1n) is 5.19. The third kappa shape index (κ3) is 3.27. The number of carbonyl (C=O) groups excluding carboxylic acids is 1. The zero-order valence-electron chi connectivity index (χ0n) is 9.03. The summed E-state index contributed by atoms with van der Waals surface area (Å²) in [5.74, 6) is 0.605. The average molecular weight is 200 g/mol. The fourth-order valence-corrected chi connectivity index (χ4v) is 1.75. The van der Waals surface area contributed by atoms with Crippen molar-refractivity contribution in [1.82, 2.24) is 4.90 Å². The first-order chi connectivity index (χ1) is 6.61. The Morgan fingerprint density at radius 2 is 2.14 bits per heavy atom. The van der Waals surface area contributed by atoms with Crippen molar-refractivity contribution in [3.05, 3.63) is 0 Å². The van der Waals surface area contributed by atoms with Gasteiger partial charge in [0.15, 0.2) is 0 Å². The van der Waals surface area contributed by atoms with Gasteiger partial charge in [0.25, 0.3) is 0 Å². The summed E-state index contributed by atoms with van der Waals surface area (Å²) in [5, 5.41) is 0. The normalized spacial score (nSPS) is 20.5. The van der Waals surface area contributed by atoms with Gasteiger partial charge in [0.1, 0.15) is 0 Å². The first-order valence-corrected chi connectivity index (χ1v) is 5.19. The molecule has 14 heavy (non-hydrogen) atoms. The molecule has 0 aromatic heterocycles. The van der Waals surface area contributed by atoms with Crippen LogP contribution in [0.1, 0.15) is 19.8 Å². The number of nitrogens with two attached hydrogens (primary N) is 1. The van der Waals surface area contributed by atoms with E-state index < -0.39 is 0 Å². The van der Waals surface area contributed by atoms with Gasteiger partial charge in [0.2, 0.25) is 5.91 Å². The predicted molar refractivity (Wildman–Crippen MR) is 54.8 cm³/mol. The standard InChI is InChI=1S/C10H20N2O2/c1-8(11)10(13)12(2)7-9-3-5-14-6-4-9/h8-9H,3-7,11H2,1-2H3/t8-/m1/s1. The molecule has 4 heteroatoms. The van der Waals surface area contributed by atoms with Crippen molar-refractivity contribution in [2.75, 3.05) is 26.8 Å². The van der Waals surface area contributed by atoms with Crippen molar-refractivity contribution in [3.8, 4) is 0 Å². The molecule has 1 atom stereocenters. The van der Waals surface area contributed by atoms with Crippen LogP contribution >= 0.6 is 0 Å². The second-order valence-electron chi connectivity index (χ2n) is 4.06. The van der Waals surface area contributed by atoms with Gasteiger partial charge in [0.05, 0.1) is 6.04 Å². The Hall–Kier alpha value is -0.610. The van der Waals surface area contributed by atoms with Crippen LogP contribution in [-0.2, 0) is 9.53 Å². The van der Waals surface area contributed by atoms with Crippen molar-refractivity contribution in [2.24, 2.45) is 11.7 Å². The van der Waals surface area contributed by atoms with E-state index in [1.54, 1.807) is 11.8 Å². The van der Waals surface area contributed by atoms with Crippen LogP contribution in [0.15, 0.2) is 0 Å². The number of rotatable bonds is 3. The molecule has 0 spiro atoms. The fourth-order valence-electron chi connectivity index (χ4n) is 1.75. The van der Waals surface area contributed by atoms with Crippen LogP contribution in [-0.4, -0.2) is 43.7 Å². The molecule has 1 amide bonds. The number of hydrogen-bond donors (Lipinski definition) is 1. The summed E-state index contributed by atoms with van der Waals surface area (Å²) in [6.45, 7) is 4.18. The smallest absolute Gasteiger partial charge is 0.238 e. The predicted octanol–water partition coefficient (Wildman–Crippen LogP) is 0.219. The quantitative estimate of drug-likeness (QED) is 0.709. The second-order valence-corrected chi connectivity index (χ2v) is 4.06. The molecular formula is C10H20N2O2. The molecule has 1 fully saturated rings. The van der Waals surface area contributed by atoms with E-state index in [4.69, 9.17) is 10.5 Å². The lowest BCUT2D eigenvalue weighted by Crippen LogP contribution is -2.42. The van der Waals surface area contributed by atoms with E-state index in [-0.39, 0.29) is 11.9 Å². The molecule has 0 saturated carbocycles. The first kappa shape index (κ1) is 11.5. The molecule has 0 aromatic rings. The molecule has 0 aliphatic carbocycles. The van der Waals surface area contributed by atoms with Gasteiger partial charge in [0, 0.05) is 26.8 Å². The molecule has 1 rings (SSSR count). The molecule has 0 aromatic carbocycles. The highest BCUT2D eigenvalue weighted by Gasteiger charge is 2.19. The van der Waals surface area contributed by atoms with Crippen LogP contribution in [0.25, 0.3) is 0 Å². The van der Waals surface area contributed by atoms with Gasteiger partial charge < -0.3 is 15.4 Å². The van der Waals surface area contributed by atoms with Crippen molar-refractivity contribution >= 4 is 5.91 Å². The molecule has 0 radical (unpaired) electrons. The highest BCUT2D eigenvalue weighted by Crippen LogP contribution is 2.15. The Morgan fingerprint density at radius 3 is 2.64 bits per heavy atom. The van der Waals surface area contributed by atoms with Crippen molar-refractivity contribution in [3.63, 3.8) is 0 Å². The molecule has 0 unspecified atom stereocenters. The minimum absolute atomic E-state index is 0.0245. The molecule has 0 bridgehead atoms. The molecule has 1 heterocycles. The van der Waals surface area contributed by atoms with Crippen molar-refractivity contribution in [1.29, 1.82) is 0 Å². The Kier molecular flexibility index (Phi) is 4.35. The average Bonchev–Trinajstić information content (AvgIpc) is 2.18. The summed E-state index contributed by atoms with van der Waals surface area (Å²) in [7, 11) is 1.82. The van der Waals surface area contributed by atoms with Gasteiger partial charge in [-0.3, -0.25) is 4.79 Å². The summed E-state index contributed by atoms with van der Waals surface area (Å²) in [5.41, 5.74) is 5.53. The van der Waals surface area contributed by atoms with Crippen molar-refractivity contribution in [2.45, 2.75) is 25.8 Å². The Labute approximate surface area is 85.4 Å². The number of ether oxygens (including phenoxy) is 1. The van der Waals surface area contributed by atoms with Gasteiger partial charge in [-0.15, -0.1) is 0 Å². The lowest BCUT2D eigenvalue weighted by Gasteiger charge is -2.28. The maximum absolute atomic E-state index is 11.5. The number of carbonyl (C=O) groups is 1. The van der Waals surface area contributed by atoms with Crippen LogP contribution in [0, 0.1) is 5.92 Å². The van der Waals surface area contributed by atoms with Gasteiger partial charge in [-0.2, -0.15) is 0 Å². The largest absolute Gasteiger partial charge is 0.381 e. The molecule has 4 nitrogen and oxygen atoms in total. The van der Waals surface area contributed by atoms with Crippen LogP contribution < -0.4 is 5.73 Å². The maximum atomic E-state index is 11.5. The highest BCUT2D eigenvalue weighted by atomic mass is 16.5. The van der Waals surface area contributed by atoms with E-state index in [1.807, 2.05) is 7.05 Å². The van der Waals surface area contributed by atoms with Crippen molar-refractivity contribution < 1.29 is 9.53 Å². The third-order valence-corrected chi connectivity index (χ3v) is 2.64. The number of amides is 1. The van der Waals surface area contributed by atoms with Crippen LogP contribution in [0.2, 0.25) is 0 Å². The fraction of sp³-hybridized carbons (Fsp3) is 0.900. The zero-order chi connectivity index (χ0) is 10.6. The molecule has 1 aliphatic rings.